The third-order valence-corrected chi connectivity index (χ3v) is 3.95. The molecule has 5 nitrogen and oxygen atoms in total. The molecule has 3 heterocycles. The molecule has 2 aliphatic heterocycles. The number of hydrogen-bond acceptors (Lipinski definition) is 2. The van der Waals surface area contributed by atoms with Gasteiger partial charge in [0, 0.05) is 25.0 Å². The van der Waals surface area contributed by atoms with E-state index in [4.69, 9.17) is 0 Å². The lowest BCUT2D eigenvalue weighted by molar-refractivity contribution is 0.214. The molecule has 2 unspecified atom stereocenters. The lowest BCUT2D eigenvalue weighted by atomic mass is 10.0. The van der Waals surface area contributed by atoms with Gasteiger partial charge >= 0.3 is 6.03 Å². The van der Waals surface area contributed by atoms with Gasteiger partial charge in [-0.1, -0.05) is 0 Å². The van der Waals surface area contributed by atoms with E-state index in [1.165, 1.54) is 6.42 Å². The van der Waals surface area contributed by atoms with Gasteiger partial charge in [0.05, 0.1) is 6.04 Å². The molecule has 18 heavy (non-hydrogen) atoms. The van der Waals surface area contributed by atoms with Crippen LogP contribution in [0.15, 0.2) is 18.3 Å². The van der Waals surface area contributed by atoms with Gasteiger partial charge in [-0.05, 0) is 44.0 Å². The second-order valence-electron chi connectivity index (χ2n) is 5.22. The van der Waals surface area contributed by atoms with Crippen molar-refractivity contribution in [2.24, 2.45) is 5.92 Å². The molecule has 1 aromatic rings. The van der Waals surface area contributed by atoms with E-state index in [-0.39, 0.29) is 12.1 Å². The first-order valence-corrected chi connectivity index (χ1v) is 6.72. The minimum Gasteiger partial charge on any atom is -0.363 e. The number of rotatable bonds is 4. The molecule has 0 spiro atoms. The molecule has 2 fully saturated rings. The van der Waals surface area contributed by atoms with E-state index < -0.39 is 0 Å². The maximum atomic E-state index is 11.9. The van der Waals surface area contributed by atoms with Gasteiger partial charge in [0.2, 0.25) is 0 Å². The van der Waals surface area contributed by atoms with Crippen molar-refractivity contribution in [2.75, 3.05) is 26.2 Å². The molecule has 98 valence electrons. The van der Waals surface area contributed by atoms with Crippen LogP contribution in [0.3, 0.4) is 0 Å². The lowest BCUT2D eigenvalue weighted by Crippen LogP contribution is -2.30. The summed E-state index contributed by atoms with van der Waals surface area (Å²) in [5.41, 5.74) is 1.09. The van der Waals surface area contributed by atoms with Gasteiger partial charge in [0.15, 0.2) is 0 Å². The zero-order valence-electron chi connectivity index (χ0n) is 10.5. The average molecular weight is 248 g/mol. The van der Waals surface area contributed by atoms with E-state index >= 15 is 0 Å². The predicted molar refractivity (Wildman–Crippen MR) is 69.2 cm³/mol. The van der Waals surface area contributed by atoms with Crippen molar-refractivity contribution in [1.82, 2.24) is 20.5 Å². The van der Waals surface area contributed by atoms with E-state index in [2.05, 4.69) is 15.6 Å². The van der Waals surface area contributed by atoms with Crippen LogP contribution < -0.4 is 10.6 Å². The summed E-state index contributed by atoms with van der Waals surface area (Å²) in [4.78, 5) is 17.0. The molecule has 2 saturated heterocycles. The fourth-order valence-corrected chi connectivity index (χ4v) is 2.82. The van der Waals surface area contributed by atoms with Crippen LogP contribution in [0.1, 0.15) is 24.6 Å². The molecule has 0 saturated carbocycles. The van der Waals surface area contributed by atoms with Gasteiger partial charge in [-0.2, -0.15) is 0 Å². The highest BCUT2D eigenvalue weighted by atomic mass is 16.2. The zero-order chi connectivity index (χ0) is 12.4. The first-order valence-electron chi connectivity index (χ1n) is 6.72. The number of nitrogens with zero attached hydrogens (tertiary/aromatic N) is 1. The molecule has 0 aliphatic carbocycles. The largest absolute Gasteiger partial charge is 0.363 e. The van der Waals surface area contributed by atoms with Crippen LogP contribution in [0.5, 0.6) is 0 Å². The molecular formula is C13H20N4O. The van der Waals surface area contributed by atoms with Crippen LogP contribution in [0.25, 0.3) is 0 Å². The van der Waals surface area contributed by atoms with Crippen molar-refractivity contribution >= 4 is 6.03 Å². The second kappa shape index (κ2) is 5.02. The van der Waals surface area contributed by atoms with Crippen molar-refractivity contribution in [3.63, 3.8) is 0 Å². The Kier molecular flexibility index (Phi) is 3.23. The van der Waals surface area contributed by atoms with Crippen molar-refractivity contribution in [3.05, 3.63) is 24.0 Å². The van der Waals surface area contributed by atoms with Gasteiger partial charge in [0.25, 0.3) is 0 Å². The topological polar surface area (TPSA) is 60.2 Å². The molecule has 2 aliphatic rings. The number of carbonyl (C=O) groups is 1. The van der Waals surface area contributed by atoms with Crippen LogP contribution in [-0.2, 0) is 0 Å². The molecule has 0 bridgehead atoms. The Hall–Kier alpha value is -1.49. The summed E-state index contributed by atoms with van der Waals surface area (Å²) in [6.07, 6.45) is 4.25. The number of urea groups is 1. The van der Waals surface area contributed by atoms with Gasteiger partial charge in [-0.25, -0.2) is 4.79 Å². The van der Waals surface area contributed by atoms with Gasteiger partial charge in [-0.15, -0.1) is 0 Å². The zero-order valence-corrected chi connectivity index (χ0v) is 10.5. The normalized spacial score (nSPS) is 27.8. The Labute approximate surface area is 107 Å². The average Bonchev–Trinajstić information content (AvgIpc) is 3.09. The maximum Gasteiger partial charge on any atom is 0.318 e. The minimum atomic E-state index is 0.0700. The van der Waals surface area contributed by atoms with E-state index in [1.807, 2.05) is 23.2 Å². The Bertz CT molecular complexity index is 397. The van der Waals surface area contributed by atoms with Gasteiger partial charge in [-0.3, -0.25) is 0 Å². The number of carbonyl (C=O) groups excluding carboxylic acids is 1. The first-order chi connectivity index (χ1) is 8.83. The van der Waals surface area contributed by atoms with Crippen molar-refractivity contribution < 1.29 is 4.79 Å². The summed E-state index contributed by atoms with van der Waals surface area (Å²) >= 11 is 0. The third-order valence-electron chi connectivity index (χ3n) is 3.95. The summed E-state index contributed by atoms with van der Waals surface area (Å²) < 4.78 is 0. The standard InChI is InChI=1S/C13H20N4O/c18-13-16-12(11-2-1-5-15-11)9-17(13)7-4-10-3-6-14-8-10/h1-2,5,10,12,14-15H,3-4,6-9H2,(H,16,18). The fourth-order valence-electron chi connectivity index (χ4n) is 2.82. The van der Waals surface area contributed by atoms with Crippen molar-refractivity contribution in [2.45, 2.75) is 18.9 Å². The molecule has 5 heteroatoms. The number of H-pyrrole nitrogens is 1. The second-order valence-corrected chi connectivity index (χ2v) is 5.22. The smallest absolute Gasteiger partial charge is 0.318 e. The number of amides is 2. The Morgan fingerprint density at radius 1 is 1.44 bits per heavy atom. The molecule has 0 radical (unpaired) electrons. The highest BCUT2D eigenvalue weighted by Gasteiger charge is 2.30. The Morgan fingerprint density at radius 2 is 2.39 bits per heavy atom. The Morgan fingerprint density at radius 3 is 3.11 bits per heavy atom. The van der Waals surface area contributed by atoms with E-state index in [1.54, 1.807) is 0 Å². The van der Waals surface area contributed by atoms with Crippen LogP contribution in [0, 0.1) is 5.92 Å². The highest BCUT2D eigenvalue weighted by molar-refractivity contribution is 5.77. The van der Waals surface area contributed by atoms with Gasteiger partial charge < -0.3 is 20.5 Å². The number of aromatic nitrogens is 1. The summed E-state index contributed by atoms with van der Waals surface area (Å²) in [6, 6.07) is 4.18. The first kappa shape index (κ1) is 11.6. The van der Waals surface area contributed by atoms with E-state index in [0.29, 0.717) is 0 Å². The molecule has 3 N–H and O–H groups in total. The Balaban J connectivity index is 1.52. The fraction of sp³-hybridized carbons (Fsp3) is 0.615. The quantitative estimate of drug-likeness (QED) is 0.746. The molecule has 2 amide bonds. The highest BCUT2D eigenvalue weighted by Crippen LogP contribution is 2.20. The molecule has 1 aromatic heterocycles. The molecular weight excluding hydrogens is 228 g/mol. The minimum absolute atomic E-state index is 0.0700. The lowest BCUT2D eigenvalue weighted by Gasteiger charge is -2.16. The SMILES string of the molecule is O=C1NC(c2ccc[nH]2)CN1CCC1CCNC1. The number of nitrogens with one attached hydrogen (secondary N) is 3. The van der Waals surface area contributed by atoms with E-state index in [9.17, 15) is 4.79 Å². The van der Waals surface area contributed by atoms with Crippen molar-refractivity contribution in [1.29, 1.82) is 0 Å². The van der Waals surface area contributed by atoms with E-state index in [0.717, 1.165) is 44.2 Å². The summed E-state index contributed by atoms with van der Waals surface area (Å²) in [5.74, 6) is 0.738. The third kappa shape index (κ3) is 2.36. The van der Waals surface area contributed by atoms with Crippen LogP contribution in [0.4, 0.5) is 4.79 Å². The summed E-state index contributed by atoms with van der Waals surface area (Å²) in [5, 5.41) is 6.39. The predicted octanol–water partition coefficient (Wildman–Crippen LogP) is 1.08. The van der Waals surface area contributed by atoms with Crippen molar-refractivity contribution in [3.8, 4) is 0 Å². The maximum absolute atomic E-state index is 11.9. The van der Waals surface area contributed by atoms with Crippen LogP contribution in [-0.4, -0.2) is 42.1 Å². The summed E-state index contributed by atoms with van der Waals surface area (Å²) in [6.45, 7) is 3.88. The molecule has 0 aromatic carbocycles. The number of hydrogen-bond donors (Lipinski definition) is 3. The number of aromatic amines is 1. The summed E-state index contributed by atoms with van der Waals surface area (Å²) in [7, 11) is 0. The van der Waals surface area contributed by atoms with Crippen LogP contribution in [0.2, 0.25) is 0 Å². The molecule has 2 atom stereocenters. The molecule has 3 rings (SSSR count). The monoisotopic (exact) mass is 248 g/mol. The van der Waals surface area contributed by atoms with Gasteiger partial charge in [0.1, 0.15) is 0 Å². The van der Waals surface area contributed by atoms with Crippen LogP contribution >= 0.6 is 0 Å².